The zero-order chi connectivity index (χ0) is 12.8. The van der Waals surface area contributed by atoms with Crippen LogP contribution in [0, 0.1) is 5.92 Å². The molecule has 2 N–H and O–H groups in total. The zero-order valence-electron chi connectivity index (χ0n) is 11.1. The minimum Gasteiger partial charge on any atom is -0.325 e. The number of nitrogens with one attached hydrogen (secondary N) is 2. The van der Waals surface area contributed by atoms with Crippen LogP contribution in [0.25, 0.3) is 0 Å². The number of carbonyl (C=O) groups excluding carboxylic acids is 1. The van der Waals surface area contributed by atoms with E-state index in [-0.39, 0.29) is 11.9 Å². The largest absolute Gasteiger partial charge is 0.325 e. The molecular weight excluding hydrogens is 212 g/mol. The van der Waals surface area contributed by atoms with Gasteiger partial charge in [0.2, 0.25) is 5.91 Å². The van der Waals surface area contributed by atoms with Crippen molar-refractivity contribution >= 4 is 11.6 Å². The van der Waals surface area contributed by atoms with Gasteiger partial charge >= 0.3 is 0 Å². The molecule has 0 heterocycles. The summed E-state index contributed by atoms with van der Waals surface area (Å²) >= 11 is 0. The molecule has 3 nitrogen and oxygen atoms in total. The smallest absolute Gasteiger partial charge is 0.241 e. The summed E-state index contributed by atoms with van der Waals surface area (Å²) in [5.74, 6) is 0.642. The van der Waals surface area contributed by atoms with Gasteiger partial charge in [-0.05, 0) is 44.0 Å². The van der Waals surface area contributed by atoms with E-state index in [1.165, 1.54) is 5.56 Å². The molecule has 0 radical (unpaired) electrons. The lowest BCUT2D eigenvalue weighted by molar-refractivity contribution is -0.117. The SMILES string of the molecule is CN[C@@H](C)C(=O)Nc1ccc(CC(C)C)cc1. The summed E-state index contributed by atoms with van der Waals surface area (Å²) < 4.78 is 0. The Kier molecular flexibility index (Phi) is 5.16. The van der Waals surface area contributed by atoms with Crippen LogP contribution in [0.4, 0.5) is 5.69 Å². The van der Waals surface area contributed by atoms with E-state index in [0.717, 1.165) is 12.1 Å². The molecule has 0 bridgehead atoms. The topological polar surface area (TPSA) is 41.1 Å². The van der Waals surface area contributed by atoms with Gasteiger partial charge in [-0.1, -0.05) is 26.0 Å². The Morgan fingerprint density at radius 3 is 2.24 bits per heavy atom. The van der Waals surface area contributed by atoms with Crippen molar-refractivity contribution in [3.05, 3.63) is 29.8 Å². The van der Waals surface area contributed by atoms with Crippen molar-refractivity contribution in [2.75, 3.05) is 12.4 Å². The van der Waals surface area contributed by atoms with Crippen molar-refractivity contribution in [3.63, 3.8) is 0 Å². The maximum atomic E-state index is 11.6. The number of amides is 1. The fourth-order valence-corrected chi connectivity index (χ4v) is 1.58. The van der Waals surface area contributed by atoms with Crippen LogP contribution in [0.5, 0.6) is 0 Å². The van der Waals surface area contributed by atoms with Gasteiger partial charge in [0, 0.05) is 5.69 Å². The van der Waals surface area contributed by atoms with E-state index < -0.39 is 0 Å². The molecule has 0 aromatic heterocycles. The summed E-state index contributed by atoms with van der Waals surface area (Å²) in [6, 6.07) is 7.88. The monoisotopic (exact) mass is 234 g/mol. The maximum Gasteiger partial charge on any atom is 0.241 e. The third-order valence-electron chi connectivity index (χ3n) is 2.69. The number of likely N-dealkylation sites (N-methyl/N-ethyl adjacent to an activating group) is 1. The van der Waals surface area contributed by atoms with E-state index in [9.17, 15) is 4.79 Å². The Hall–Kier alpha value is -1.35. The van der Waals surface area contributed by atoms with E-state index in [1.807, 2.05) is 19.1 Å². The molecule has 1 amide bonds. The fourth-order valence-electron chi connectivity index (χ4n) is 1.58. The highest BCUT2D eigenvalue weighted by Crippen LogP contribution is 2.13. The number of hydrogen-bond acceptors (Lipinski definition) is 2. The standard InChI is InChI=1S/C14H22N2O/c1-10(2)9-12-5-7-13(8-6-12)16-14(17)11(3)15-4/h5-8,10-11,15H,9H2,1-4H3,(H,16,17)/t11-/m0/s1. The van der Waals surface area contributed by atoms with Crippen molar-refractivity contribution in [1.82, 2.24) is 5.32 Å². The first-order valence-corrected chi connectivity index (χ1v) is 6.10. The van der Waals surface area contributed by atoms with Crippen LogP contribution in [0.2, 0.25) is 0 Å². The van der Waals surface area contributed by atoms with Gasteiger partial charge in [-0.25, -0.2) is 0 Å². The Balaban J connectivity index is 2.59. The second-order valence-corrected chi connectivity index (χ2v) is 4.79. The summed E-state index contributed by atoms with van der Waals surface area (Å²) in [7, 11) is 1.77. The second kappa shape index (κ2) is 6.40. The Bertz CT molecular complexity index is 357. The number of rotatable bonds is 5. The van der Waals surface area contributed by atoms with Crippen LogP contribution < -0.4 is 10.6 Å². The molecule has 1 aromatic carbocycles. The minimum atomic E-state index is -0.176. The lowest BCUT2D eigenvalue weighted by Crippen LogP contribution is -2.35. The first-order valence-electron chi connectivity index (χ1n) is 6.10. The molecule has 0 saturated carbocycles. The molecule has 17 heavy (non-hydrogen) atoms. The molecule has 0 fully saturated rings. The van der Waals surface area contributed by atoms with E-state index in [1.54, 1.807) is 7.05 Å². The molecule has 0 aliphatic heterocycles. The van der Waals surface area contributed by atoms with E-state index >= 15 is 0 Å². The van der Waals surface area contributed by atoms with Gasteiger partial charge in [0.1, 0.15) is 0 Å². The van der Waals surface area contributed by atoms with Crippen LogP contribution in [0.3, 0.4) is 0 Å². The normalized spacial score (nSPS) is 12.5. The first kappa shape index (κ1) is 13.7. The number of carbonyl (C=O) groups is 1. The van der Waals surface area contributed by atoms with Crippen LogP contribution in [-0.4, -0.2) is 19.0 Å². The molecule has 0 unspecified atom stereocenters. The molecule has 0 aliphatic rings. The van der Waals surface area contributed by atoms with Crippen LogP contribution >= 0.6 is 0 Å². The molecule has 0 saturated heterocycles. The van der Waals surface area contributed by atoms with Gasteiger partial charge in [-0.3, -0.25) is 4.79 Å². The average Bonchev–Trinajstić information content (AvgIpc) is 2.30. The molecule has 3 heteroatoms. The molecule has 1 atom stereocenters. The van der Waals surface area contributed by atoms with Crippen LogP contribution in [0.1, 0.15) is 26.3 Å². The number of benzene rings is 1. The van der Waals surface area contributed by atoms with Crippen LogP contribution in [-0.2, 0) is 11.2 Å². The minimum absolute atomic E-state index is 0.0101. The summed E-state index contributed by atoms with van der Waals surface area (Å²) in [6.07, 6.45) is 1.07. The van der Waals surface area contributed by atoms with Crippen molar-refractivity contribution in [3.8, 4) is 0 Å². The highest BCUT2D eigenvalue weighted by molar-refractivity contribution is 5.94. The van der Waals surface area contributed by atoms with Crippen molar-refractivity contribution in [2.45, 2.75) is 33.2 Å². The zero-order valence-corrected chi connectivity index (χ0v) is 11.1. The van der Waals surface area contributed by atoms with Crippen molar-refractivity contribution in [2.24, 2.45) is 5.92 Å². The summed E-state index contributed by atoms with van der Waals surface area (Å²) in [6.45, 7) is 6.23. The molecule has 94 valence electrons. The maximum absolute atomic E-state index is 11.6. The summed E-state index contributed by atoms with van der Waals surface area (Å²) in [5, 5.41) is 5.78. The van der Waals surface area contributed by atoms with Gasteiger partial charge in [-0.15, -0.1) is 0 Å². The highest BCUT2D eigenvalue weighted by atomic mass is 16.2. The molecule has 0 spiro atoms. The summed E-state index contributed by atoms with van der Waals surface area (Å²) in [4.78, 5) is 11.6. The summed E-state index contributed by atoms with van der Waals surface area (Å²) in [5.41, 5.74) is 2.16. The highest BCUT2D eigenvalue weighted by Gasteiger charge is 2.09. The van der Waals surface area contributed by atoms with Gasteiger partial charge in [0.05, 0.1) is 6.04 Å². The molecule has 1 rings (SSSR count). The lowest BCUT2D eigenvalue weighted by atomic mass is 10.0. The van der Waals surface area contributed by atoms with E-state index in [2.05, 4.69) is 36.6 Å². The van der Waals surface area contributed by atoms with E-state index in [4.69, 9.17) is 0 Å². The molecule has 0 aliphatic carbocycles. The van der Waals surface area contributed by atoms with Gasteiger partial charge in [0.15, 0.2) is 0 Å². The second-order valence-electron chi connectivity index (χ2n) is 4.79. The fraction of sp³-hybridized carbons (Fsp3) is 0.500. The average molecular weight is 234 g/mol. The number of hydrogen-bond donors (Lipinski definition) is 2. The first-order chi connectivity index (χ1) is 8.02. The lowest BCUT2D eigenvalue weighted by Gasteiger charge is -2.11. The quantitative estimate of drug-likeness (QED) is 0.821. The van der Waals surface area contributed by atoms with Crippen molar-refractivity contribution in [1.29, 1.82) is 0 Å². The van der Waals surface area contributed by atoms with E-state index in [0.29, 0.717) is 5.92 Å². The predicted molar refractivity (Wildman–Crippen MR) is 72.1 cm³/mol. The molecular formula is C14H22N2O. The Morgan fingerprint density at radius 1 is 1.18 bits per heavy atom. The third kappa shape index (κ3) is 4.57. The van der Waals surface area contributed by atoms with Gasteiger partial charge in [0.25, 0.3) is 0 Å². The van der Waals surface area contributed by atoms with Crippen LogP contribution in [0.15, 0.2) is 24.3 Å². The van der Waals surface area contributed by atoms with Crippen molar-refractivity contribution < 1.29 is 4.79 Å². The number of anilines is 1. The Morgan fingerprint density at radius 2 is 1.76 bits per heavy atom. The predicted octanol–water partition coefficient (Wildman–Crippen LogP) is 2.43. The van der Waals surface area contributed by atoms with Gasteiger partial charge < -0.3 is 10.6 Å². The third-order valence-corrected chi connectivity index (χ3v) is 2.69. The van der Waals surface area contributed by atoms with Gasteiger partial charge in [-0.2, -0.15) is 0 Å². The molecule has 1 aromatic rings. The Labute approximate surface area is 104 Å².